The quantitative estimate of drug-likeness (QED) is 0.403. The predicted octanol–water partition coefficient (Wildman–Crippen LogP) is 6.47. The predicted molar refractivity (Wildman–Crippen MR) is 108 cm³/mol. The zero-order valence-corrected chi connectivity index (χ0v) is 14.5. The topological polar surface area (TPSA) is 0 Å². The molecule has 0 heterocycles. The molecule has 0 amide bonds. The SMILES string of the molecule is c1ccc([C](c2ccccc2)C2c3ccccc3-c3ccccc32)cc1. The Kier molecular flexibility index (Phi) is 3.68. The molecule has 0 aromatic heterocycles. The highest BCUT2D eigenvalue weighted by Gasteiger charge is 2.36. The first-order valence-electron chi connectivity index (χ1n) is 9.09. The molecule has 1 radical (unpaired) electrons. The molecule has 0 heteroatoms. The minimum absolute atomic E-state index is 0.257. The molecular weight excluding hydrogens is 312 g/mol. The van der Waals surface area contributed by atoms with Gasteiger partial charge in [0.15, 0.2) is 0 Å². The highest BCUT2D eigenvalue weighted by Crippen LogP contribution is 2.52. The molecule has 0 unspecified atom stereocenters. The van der Waals surface area contributed by atoms with Gasteiger partial charge in [-0.1, -0.05) is 109 Å². The fourth-order valence-electron chi connectivity index (χ4n) is 4.20. The third-order valence-electron chi connectivity index (χ3n) is 5.29. The van der Waals surface area contributed by atoms with Crippen LogP contribution in [-0.2, 0) is 0 Å². The van der Waals surface area contributed by atoms with E-state index in [-0.39, 0.29) is 5.92 Å². The molecule has 0 nitrogen and oxygen atoms in total. The Balaban J connectivity index is 1.77. The van der Waals surface area contributed by atoms with E-state index in [9.17, 15) is 0 Å². The number of hydrogen-bond acceptors (Lipinski definition) is 0. The van der Waals surface area contributed by atoms with Gasteiger partial charge in [-0.3, -0.25) is 0 Å². The van der Waals surface area contributed by atoms with Crippen LogP contribution in [0.1, 0.15) is 28.2 Å². The molecule has 0 bridgehead atoms. The molecule has 5 rings (SSSR count). The highest BCUT2D eigenvalue weighted by atomic mass is 14.4. The van der Waals surface area contributed by atoms with Crippen LogP contribution in [0, 0.1) is 5.92 Å². The number of rotatable bonds is 3. The van der Waals surface area contributed by atoms with Crippen LogP contribution in [0.15, 0.2) is 109 Å². The van der Waals surface area contributed by atoms with E-state index < -0.39 is 0 Å². The standard InChI is InChI=1S/C26H19/c1-3-11-19(12-4-1)25(20-13-5-2-6-14-20)26-23-17-9-7-15-21(23)22-16-8-10-18-24(22)26/h1-18,26H. The van der Waals surface area contributed by atoms with Gasteiger partial charge in [-0.2, -0.15) is 0 Å². The largest absolute Gasteiger partial charge is 0.0622 e. The van der Waals surface area contributed by atoms with Crippen LogP contribution < -0.4 is 0 Å². The molecule has 4 aromatic carbocycles. The van der Waals surface area contributed by atoms with Crippen molar-refractivity contribution < 1.29 is 0 Å². The van der Waals surface area contributed by atoms with Crippen molar-refractivity contribution in [3.05, 3.63) is 137 Å². The summed E-state index contributed by atoms with van der Waals surface area (Å²) in [7, 11) is 0. The van der Waals surface area contributed by atoms with Crippen molar-refractivity contribution in [1.29, 1.82) is 0 Å². The van der Waals surface area contributed by atoms with Gasteiger partial charge in [-0.15, -0.1) is 0 Å². The molecule has 4 aromatic rings. The molecule has 26 heavy (non-hydrogen) atoms. The zero-order chi connectivity index (χ0) is 17.3. The van der Waals surface area contributed by atoms with E-state index in [1.807, 2.05) is 0 Å². The smallest absolute Gasteiger partial charge is 0.0458 e. The van der Waals surface area contributed by atoms with E-state index in [1.54, 1.807) is 0 Å². The van der Waals surface area contributed by atoms with Crippen LogP contribution in [0.5, 0.6) is 0 Å². The number of benzene rings is 4. The second-order valence-corrected chi connectivity index (χ2v) is 6.75. The second-order valence-electron chi connectivity index (χ2n) is 6.75. The molecule has 1 aliphatic carbocycles. The summed E-state index contributed by atoms with van der Waals surface area (Å²) >= 11 is 0. The highest BCUT2D eigenvalue weighted by molar-refractivity contribution is 5.81. The summed E-state index contributed by atoms with van der Waals surface area (Å²) in [5.74, 6) is 1.64. The summed E-state index contributed by atoms with van der Waals surface area (Å²) in [5, 5.41) is 0. The molecule has 0 atom stereocenters. The molecule has 123 valence electrons. The minimum atomic E-state index is 0.257. The van der Waals surface area contributed by atoms with Crippen LogP contribution in [0.2, 0.25) is 0 Å². The maximum absolute atomic E-state index is 2.28. The van der Waals surface area contributed by atoms with Crippen molar-refractivity contribution in [1.82, 2.24) is 0 Å². The summed E-state index contributed by atoms with van der Waals surface area (Å²) in [6.07, 6.45) is 0. The number of fused-ring (bicyclic) bond motifs is 3. The van der Waals surface area contributed by atoms with Crippen LogP contribution in [-0.4, -0.2) is 0 Å². The molecular formula is C26H19. The Morgan fingerprint density at radius 3 is 1.27 bits per heavy atom. The lowest BCUT2D eigenvalue weighted by Crippen LogP contribution is -2.13. The maximum atomic E-state index is 2.28. The fraction of sp³-hybridized carbons (Fsp3) is 0.0385. The van der Waals surface area contributed by atoms with E-state index in [4.69, 9.17) is 0 Å². The molecule has 0 fully saturated rings. The van der Waals surface area contributed by atoms with Crippen LogP contribution in [0.3, 0.4) is 0 Å². The zero-order valence-electron chi connectivity index (χ0n) is 14.5. The van der Waals surface area contributed by atoms with E-state index in [1.165, 1.54) is 39.3 Å². The van der Waals surface area contributed by atoms with Crippen molar-refractivity contribution in [3.63, 3.8) is 0 Å². The third kappa shape index (κ3) is 2.38. The summed E-state index contributed by atoms with van der Waals surface area (Å²) in [6, 6.07) is 39.3. The average Bonchev–Trinajstić information content (AvgIpc) is 3.05. The van der Waals surface area contributed by atoms with E-state index >= 15 is 0 Å². The van der Waals surface area contributed by atoms with Gasteiger partial charge in [-0.05, 0) is 33.4 Å². The molecule has 0 aliphatic heterocycles. The monoisotopic (exact) mass is 331 g/mol. The van der Waals surface area contributed by atoms with Crippen LogP contribution in [0.4, 0.5) is 0 Å². The Morgan fingerprint density at radius 1 is 0.423 bits per heavy atom. The normalized spacial score (nSPS) is 12.8. The Morgan fingerprint density at radius 2 is 0.808 bits per heavy atom. The molecule has 1 aliphatic rings. The minimum Gasteiger partial charge on any atom is -0.0622 e. The van der Waals surface area contributed by atoms with Gasteiger partial charge < -0.3 is 0 Å². The van der Waals surface area contributed by atoms with Gasteiger partial charge in [0.05, 0.1) is 0 Å². The van der Waals surface area contributed by atoms with E-state index in [0.717, 1.165) is 0 Å². The van der Waals surface area contributed by atoms with Gasteiger partial charge in [-0.25, -0.2) is 0 Å². The van der Waals surface area contributed by atoms with Crippen molar-refractivity contribution in [2.45, 2.75) is 5.92 Å². The second kappa shape index (κ2) is 6.31. The summed E-state index contributed by atoms with van der Waals surface area (Å²) in [4.78, 5) is 0. The van der Waals surface area contributed by atoms with Gasteiger partial charge >= 0.3 is 0 Å². The number of hydrogen-bond donors (Lipinski definition) is 0. The molecule has 0 N–H and O–H groups in total. The van der Waals surface area contributed by atoms with Gasteiger partial charge in [0.1, 0.15) is 0 Å². The molecule has 0 spiro atoms. The lowest BCUT2D eigenvalue weighted by atomic mass is 9.76. The van der Waals surface area contributed by atoms with Gasteiger partial charge in [0.25, 0.3) is 0 Å². The summed E-state index contributed by atoms with van der Waals surface area (Å²) in [5.41, 5.74) is 8.09. The van der Waals surface area contributed by atoms with Crippen LogP contribution >= 0.6 is 0 Å². The van der Waals surface area contributed by atoms with Crippen molar-refractivity contribution in [3.8, 4) is 11.1 Å². The first-order chi connectivity index (χ1) is 12.9. The van der Waals surface area contributed by atoms with Crippen molar-refractivity contribution >= 4 is 0 Å². The first kappa shape index (κ1) is 15.2. The van der Waals surface area contributed by atoms with E-state index in [2.05, 4.69) is 109 Å². The average molecular weight is 331 g/mol. The van der Waals surface area contributed by atoms with Crippen molar-refractivity contribution in [2.24, 2.45) is 0 Å². The Bertz CT molecular complexity index is 947. The van der Waals surface area contributed by atoms with Gasteiger partial charge in [0, 0.05) is 11.8 Å². The fourth-order valence-corrected chi connectivity index (χ4v) is 4.20. The molecule has 0 saturated heterocycles. The Hall–Kier alpha value is -3.12. The Labute approximate surface area is 154 Å². The van der Waals surface area contributed by atoms with Crippen molar-refractivity contribution in [2.75, 3.05) is 0 Å². The van der Waals surface area contributed by atoms with Gasteiger partial charge in [0.2, 0.25) is 0 Å². The molecule has 0 saturated carbocycles. The summed E-state index contributed by atoms with van der Waals surface area (Å²) in [6.45, 7) is 0. The lowest BCUT2D eigenvalue weighted by molar-refractivity contribution is 0.894. The van der Waals surface area contributed by atoms with E-state index in [0.29, 0.717) is 0 Å². The third-order valence-corrected chi connectivity index (χ3v) is 5.29. The lowest BCUT2D eigenvalue weighted by Gasteiger charge is -2.26. The summed E-state index contributed by atoms with van der Waals surface area (Å²) < 4.78 is 0. The maximum Gasteiger partial charge on any atom is 0.0458 e. The first-order valence-corrected chi connectivity index (χ1v) is 9.09. The van der Waals surface area contributed by atoms with Crippen LogP contribution in [0.25, 0.3) is 11.1 Å².